The lowest BCUT2D eigenvalue weighted by molar-refractivity contribution is 0.204. The van der Waals surface area contributed by atoms with Crippen LogP contribution in [-0.4, -0.2) is 37.7 Å². The Morgan fingerprint density at radius 1 is 1.47 bits per heavy atom. The fraction of sp³-hybridized carbons (Fsp3) is 0.909. The van der Waals surface area contributed by atoms with Crippen molar-refractivity contribution in [1.29, 1.82) is 0 Å². The highest BCUT2D eigenvalue weighted by Crippen LogP contribution is 2.43. The first-order valence-corrected chi connectivity index (χ1v) is 6.73. The normalized spacial score (nSPS) is 24.2. The minimum Gasteiger partial charge on any atom is -0.383 e. The Bertz CT molecular complexity index is 237. The summed E-state index contributed by atoms with van der Waals surface area (Å²) in [5, 5.41) is 4.43. The van der Waals surface area contributed by atoms with Crippen molar-refractivity contribution in [3.8, 4) is 0 Å². The highest BCUT2D eigenvalue weighted by atomic mass is 32.2. The molecule has 0 radical (unpaired) electrons. The molecule has 3 nitrogen and oxygen atoms in total. The maximum absolute atomic E-state index is 5.00. The third-order valence-electron chi connectivity index (χ3n) is 3.32. The summed E-state index contributed by atoms with van der Waals surface area (Å²) in [5.41, 5.74) is 0.553. The summed E-state index contributed by atoms with van der Waals surface area (Å²) in [7, 11) is 1.73. The summed E-state index contributed by atoms with van der Waals surface area (Å²) in [6.07, 6.45) is 5.58. The fourth-order valence-corrected chi connectivity index (χ4v) is 3.53. The van der Waals surface area contributed by atoms with Crippen LogP contribution in [-0.2, 0) is 4.74 Å². The molecule has 0 bridgehead atoms. The molecule has 86 valence electrons. The summed E-state index contributed by atoms with van der Waals surface area (Å²) < 4.78 is 5.00. The van der Waals surface area contributed by atoms with Crippen LogP contribution in [0.1, 0.15) is 25.7 Å². The summed E-state index contributed by atoms with van der Waals surface area (Å²) in [6, 6.07) is 0. The predicted octanol–water partition coefficient (Wildman–Crippen LogP) is 1.89. The first-order chi connectivity index (χ1) is 7.35. The molecule has 15 heavy (non-hydrogen) atoms. The summed E-state index contributed by atoms with van der Waals surface area (Å²) in [6.45, 7) is 2.66. The van der Waals surface area contributed by atoms with E-state index >= 15 is 0 Å². The Balaban J connectivity index is 1.78. The molecule has 4 heteroatoms. The van der Waals surface area contributed by atoms with Gasteiger partial charge in [0.2, 0.25) is 0 Å². The van der Waals surface area contributed by atoms with Crippen LogP contribution in [0.15, 0.2) is 4.99 Å². The van der Waals surface area contributed by atoms with E-state index in [4.69, 9.17) is 4.74 Å². The van der Waals surface area contributed by atoms with Crippen LogP contribution in [0.5, 0.6) is 0 Å². The predicted molar refractivity (Wildman–Crippen MR) is 65.5 cm³/mol. The molecule has 1 aliphatic heterocycles. The van der Waals surface area contributed by atoms with Gasteiger partial charge in [0.05, 0.1) is 6.61 Å². The number of hydrogen-bond acceptors (Lipinski definition) is 4. The Labute approximate surface area is 96.1 Å². The van der Waals surface area contributed by atoms with Crippen molar-refractivity contribution in [2.24, 2.45) is 10.4 Å². The van der Waals surface area contributed by atoms with Crippen LogP contribution in [0.4, 0.5) is 0 Å². The molecule has 1 heterocycles. The molecular weight excluding hydrogens is 208 g/mol. The van der Waals surface area contributed by atoms with Crippen LogP contribution in [0.25, 0.3) is 0 Å². The molecule has 0 saturated heterocycles. The van der Waals surface area contributed by atoms with Gasteiger partial charge in [0.1, 0.15) is 0 Å². The number of rotatable bonds is 3. The number of ether oxygens (including phenoxy) is 1. The van der Waals surface area contributed by atoms with Crippen molar-refractivity contribution in [2.45, 2.75) is 25.7 Å². The largest absolute Gasteiger partial charge is 0.383 e. The standard InChI is InChI=1S/C11H20N2OS/c1-14-7-6-12-10-13-8-11(9-15-10)4-2-3-5-11/h2-9H2,1H3,(H,12,13). The van der Waals surface area contributed by atoms with Gasteiger partial charge in [0, 0.05) is 26.0 Å². The minimum atomic E-state index is 0.553. The van der Waals surface area contributed by atoms with Crippen LogP contribution in [0, 0.1) is 5.41 Å². The van der Waals surface area contributed by atoms with E-state index in [2.05, 4.69) is 10.3 Å². The maximum atomic E-state index is 5.00. The van der Waals surface area contributed by atoms with E-state index in [1.807, 2.05) is 11.8 Å². The SMILES string of the molecule is COCCNC1=NCC2(CCCC2)CS1. The molecular formula is C11H20N2OS. The van der Waals surface area contributed by atoms with E-state index in [1.54, 1.807) is 7.11 Å². The summed E-state index contributed by atoms with van der Waals surface area (Å²) in [5.74, 6) is 1.26. The number of nitrogens with one attached hydrogen (secondary N) is 1. The maximum Gasteiger partial charge on any atom is 0.156 e. The minimum absolute atomic E-state index is 0.553. The molecule has 0 unspecified atom stereocenters. The zero-order chi connectivity index (χ0) is 10.6. The molecule has 2 rings (SSSR count). The van der Waals surface area contributed by atoms with Gasteiger partial charge in [-0.1, -0.05) is 24.6 Å². The van der Waals surface area contributed by atoms with Crippen molar-refractivity contribution in [1.82, 2.24) is 5.32 Å². The third-order valence-corrected chi connectivity index (χ3v) is 4.62. The van der Waals surface area contributed by atoms with E-state index in [1.165, 1.54) is 31.4 Å². The Morgan fingerprint density at radius 3 is 2.87 bits per heavy atom. The lowest BCUT2D eigenvalue weighted by Gasteiger charge is -2.31. The number of hydrogen-bond donors (Lipinski definition) is 1. The molecule has 0 aromatic rings. The van der Waals surface area contributed by atoms with E-state index in [-0.39, 0.29) is 0 Å². The molecule has 1 saturated carbocycles. The average Bonchev–Trinajstić information content (AvgIpc) is 2.71. The number of thioether (sulfide) groups is 1. The van der Waals surface area contributed by atoms with Gasteiger partial charge in [-0.2, -0.15) is 0 Å². The number of nitrogens with zero attached hydrogens (tertiary/aromatic N) is 1. The van der Waals surface area contributed by atoms with E-state index in [9.17, 15) is 0 Å². The highest BCUT2D eigenvalue weighted by molar-refractivity contribution is 8.13. The Morgan fingerprint density at radius 2 is 2.27 bits per heavy atom. The Hall–Kier alpha value is -0.220. The zero-order valence-corrected chi connectivity index (χ0v) is 10.2. The second kappa shape index (κ2) is 5.21. The van der Waals surface area contributed by atoms with Gasteiger partial charge in [0.15, 0.2) is 5.17 Å². The molecule has 0 amide bonds. The second-order valence-electron chi connectivity index (χ2n) is 4.54. The molecule has 0 aromatic heterocycles. The van der Waals surface area contributed by atoms with Gasteiger partial charge >= 0.3 is 0 Å². The molecule has 1 spiro atoms. The zero-order valence-electron chi connectivity index (χ0n) is 9.42. The molecule has 0 aromatic carbocycles. The van der Waals surface area contributed by atoms with Crippen molar-refractivity contribution >= 4 is 16.9 Å². The monoisotopic (exact) mass is 228 g/mol. The van der Waals surface area contributed by atoms with Crippen molar-refractivity contribution in [2.75, 3.05) is 32.6 Å². The van der Waals surface area contributed by atoms with Gasteiger partial charge in [-0.15, -0.1) is 0 Å². The van der Waals surface area contributed by atoms with Crippen molar-refractivity contribution < 1.29 is 4.74 Å². The number of aliphatic imine (C=N–C) groups is 1. The van der Waals surface area contributed by atoms with Crippen molar-refractivity contribution in [3.63, 3.8) is 0 Å². The van der Waals surface area contributed by atoms with E-state index < -0.39 is 0 Å². The number of methoxy groups -OCH3 is 1. The van der Waals surface area contributed by atoms with Gasteiger partial charge in [-0.05, 0) is 18.3 Å². The van der Waals surface area contributed by atoms with Gasteiger partial charge in [-0.25, -0.2) is 0 Å². The molecule has 0 atom stereocenters. The smallest absolute Gasteiger partial charge is 0.156 e. The van der Waals surface area contributed by atoms with Crippen molar-refractivity contribution in [3.05, 3.63) is 0 Å². The molecule has 1 aliphatic carbocycles. The van der Waals surface area contributed by atoms with Crippen LogP contribution in [0.2, 0.25) is 0 Å². The second-order valence-corrected chi connectivity index (χ2v) is 5.50. The first-order valence-electron chi connectivity index (χ1n) is 5.75. The fourth-order valence-electron chi connectivity index (χ4n) is 2.35. The quantitative estimate of drug-likeness (QED) is 0.749. The van der Waals surface area contributed by atoms with Crippen LogP contribution in [0.3, 0.4) is 0 Å². The highest BCUT2D eigenvalue weighted by Gasteiger charge is 2.36. The third kappa shape index (κ3) is 2.88. The van der Waals surface area contributed by atoms with Gasteiger partial charge in [0.25, 0.3) is 0 Å². The molecule has 1 N–H and O–H groups in total. The lowest BCUT2D eigenvalue weighted by Crippen LogP contribution is -2.34. The summed E-state index contributed by atoms with van der Waals surface area (Å²) in [4.78, 5) is 4.65. The van der Waals surface area contributed by atoms with E-state index in [0.29, 0.717) is 5.41 Å². The van der Waals surface area contributed by atoms with Crippen LogP contribution >= 0.6 is 11.8 Å². The average molecular weight is 228 g/mol. The van der Waals surface area contributed by atoms with E-state index in [0.717, 1.165) is 24.9 Å². The van der Waals surface area contributed by atoms with Gasteiger partial charge < -0.3 is 10.1 Å². The topological polar surface area (TPSA) is 33.6 Å². The molecule has 2 aliphatic rings. The van der Waals surface area contributed by atoms with Gasteiger partial charge in [-0.3, -0.25) is 4.99 Å². The first kappa shape index (κ1) is 11.3. The molecule has 1 fully saturated rings. The lowest BCUT2D eigenvalue weighted by atomic mass is 9.89. The Kier molecular flexibility index (Phi) is 3.92. The number of amidine groups is 1. The summed E-state index contributed by atoms with van der Waals surface area (Å²) >= 11 is 1.89. The van der Waals surface area contributed by atoms with Crippen LogP contribution < -0.4 is 5.32 Å².